The van der Waals surface area contributed by atoms with E-state index in [9.17, 15) is 0 Å². The molecule has 2 aromatic rings. The summed E-state index contributed by atoms with van der Waals surface area (Å²) in [5, 5.41) is 0. The van der Waals surface area contributed by atoms with E-state index >= 15 is 0 Å². The summed E-state index contributed by atoms with van der Waals surface area (Å²) in [6.07, 6.45) is 6.00. The third-order valence-electron chi connectivity index (χ3n) is 3.54. The first-order valence-electron chi connectivity index (χ1n) is 6.99. The zero-order chi connectivity index (χ0) is 14.4. The molecule has 2 rings (SSSR count). The van der Waals surface area contributed by atoms with Gasteiger partial charge >= 0.3 is 0 Å². The van der Waals surface area contributed by atoms with E-state index in [0.717, 1.165) is 6.54 Å². The molecule has 0 spiro atoms. The van der Waals surface area contributed by atoms with Crippen molar-refractivity contribution in [3.05, 3.63) is 71.6 Å². The molecule has 0 fully saturated rings. The molecule has 0 amide bonds. The summed E-state index contributed by atoms with van der Waals surface area (Å²) >= 11 is 0. The zero-order valence-corrected chi connectivity index (χ0v) is 12.5. The highest BCUT2D eigenvalue weighted by molar-refractivity contribution is 5.52. The molecule has 0 aliphatic rings. The van der Waals surface area contributed by atoms with Crippen LogP contribution in [0, 0.1) is 0 Å². The van der Waals surface area contributed by atoms with Crippen molar-refractivity contribution in [3.63, 3.8) is 0 Å². The van der Waals surface area contributed by atoms with Gasteiger partial charge in [0.1, 0.15) is 0 Å². The first-order valence-corrected chi connectivity index (χ1v) is 6.99. The molecule has 1 atom stereocenters. The van der Waals surface area contributed by atoms with Gasteiger partial charge in [-0.05, 0) is 38.1 Å². The van der Waals surface area contributed by atoms with Gasteiger partial charge in [-0.1, -0.05) is 48.0 Å². The normalized spacial score (nSPS) is 13.5. The zero-order valence-electron chi connectivity index (χ0n) is 12.5. The third kappa shape index (κ3) is 4.04. The standard InChI is InChI=1S/C18H22N2/c1-15(12-17-8-5-4-6-9-17)14-20(3)16(2)18-10-7-11-19-13-18/h4-13,16H,14H2,1-3H3. The molecule has 1 heterocycles. The maximum absolute atomic E-state index is 4.19. The Morgan fingerprint density at radius 2 is 1.95 bits per heavy atom. The number of pyridine rings is 1. The lowest BCUT2D eigenvalue weighted by Gasteiger charge is -2.25. The second kappa shape index (κ2) is 7.01. The summed E-state index contributed by atoms with van der Waals surface area (Å²) in [6, 6.07) is 14.9. The summed E-state index contributed by atoms with van der Waals surface area (Å²) in [5.74, 6) is 0. The second-order valence-electron chi connectivity index (χ2n) is 5.28. The molecule has 0 saturated heterocycles. The van der Waals surface area contributed by atoms with Crippen molar-refractivity contribution in [1.29, 1.82) is 0 Å². The molecule has 1 unspecified atom stereocenters. The number of rotatable bonds is 5. The fraction of sp³-hybridized carbons (Fsp3) is 0.278. The molecule has 2 heteroatoms. The van der Waals surface area contributed by atoms with Crippen LogP contribution in [-0.2, 0) is 0 Å². The fourth-order valence-electron chi connectivity index (χ4n) is 2.29. The first-order chi connectivity index (χ1) is 9.66. The van der Waals surface area contributed by atoms with Crippen LogP contribution in [0.2, 0.25) is 0 Å². The lowest BCUT2D eigenvalue weighted by Crippen LogP contribution is -2.24. The molecular formula is C18H22N2. The molecule has 104 valence electrons. The Hall–Kier alpha value is -1.93. The molecular weight excluding hydrogens is 244 g/mol. The predicted octanol–water partition coefficient (Wildman–Crippen LogP) is 4.18. The molecule has 0 aliphatic heterocycles. The SMILES string of the molecule is CC(=Cc1ccccc1)CN(C)C(C)c1cccnc1. The highest BCUT2D eigenvalue weighted by Gasteiger charge is 2.11. The molecule has 20 heavy (non-hydrogen) atoms. The van der Waals surface area contributed by atoms with Crippen LogP contribution >= 0.6 is 0 Å². The largest absolute Gasteiger partial charge is 0.296 e. The van der Waals surface area contributed by atoms with Gasteiger partial charge in [-0.2, -0.15) is 0 Å². The minimum atomic E-state index is 0.364. The summed E-state index contributed by atoms with van der Waals surface area (Å²) in [4.78, 5) is 6.53. The monoisotopic (exact) mass is 266 g/mol. The van der Waals surface area contributed by atoms with Gasteiger partial charge in [-0.25, -0.2) is 0 Å². The highest BCUT2D eigenvalue weighted by atomic mass is 15.1. The fourth-order valence-corrected chi connectivity index (χ4v) is 2.29. The Morgan fingerprint density at radius 3 is 2.60 bits per heavy atom. The van der Waals surface area contributed by atoms with Gasteiger partial charge in [0.15, 0.2) is 0 Å². The molecule has 0 bridgehead atoms. The smallest absolute Gasteiger partial charge is 0.0335 e. The van der Waals surface area contributed by atoms with Gasteiger partial charge in [0, 0.05) is 25.0 Å². The Balaban J connectivity index is 2.01. The lowest BCUT2D eigenvalue weighted by atomic mass is 10.1. The maximum atomic E-state index is 4.19. The second-order valence-corrected chi connectivity index (χ2v) is 5.28. The molecule has 1 aromatic carbocycles. The summed E-state index contributed by atoms with van der Waals surface area (Å²) in [5.41, 5.74) is 3.87. The van der Waals surface area contributed by atoms with Crippen LogP contribution < -0.4 is 0 Å². The predicted molar refractivity (Wildman–Crippen MR) is 85.4 cm³/mol. The summed E-state index contributed by atoms with van der Waals surface area (Å²) < 4.78 is 0. The van der Waals surface area contributed by atoms with Gasteiger partial charge in [0.2, 0.25) is 0 Å². The average Bonchev–Trinajstić information content (AvgIpc) is 2.48. The quantitative estimate of drug-likeness (QED) is 0.807. The van der Waals surface area contributed by atoms with Crippen molar-refractivity contribution >= 4 is 6.08 Å². The van der Waals surface area contributed by atoms with E-state index in [0.29, 0.717) is 6.04 Å². The average molecular weight is 266 g/mol. The van der Waals surface area contributed by atoms with Crippen LogP contribution in [0.4, 0.5) is 0 Å². The van der Waals surface area contributed by atoms with Gasteiger partial charge in [0.25, 0.3) is 0 Å². The van der Waals surface area contributed by atoms with E-state index in [1.807, 2.05) is 24.5 Å². The number of hydrogen-bond acceptors (Lipinski definition) is 2. The Labute approximate surface area is 121 Å². The lowest BCUT2D eigenvalue weighted by molar-refractivity contribution is 0.283. The van der Waals surface area contributed by atoms with Crippen LogP contribution in [0.25, 0.3) is 6.08 Å². The molecule has 0 aliphatic carbocycles. The van der Waals surface area contributed by atoms with Crippen LogP contribution in [0.3, 0.4) is 0 Å². The third-order valence-corrected chi connectivity index (χ3v) is 3.54. The minimum absolute atomic E-state index is 0.364. The highest BCUT2D eigenvalue weighted by Crippen LogP contribution is 2.18. The first kappa shape index (κ1) is 14.5. The maximum Gasteiger partial charge on any atom is 0.0335 e. The van der Waals surface area contributed by atoms with Crippen molar-refractivity contribution in [3.8, 4) is 0 Å². The number of nitrogens with zero attached hydrogens (tertiary/aromatic N) is 2. The van der Waals surface area contributed by atoms with E-state index in [4.69, 9.17) is 0 Å². The summed E-state index contributed by atoms with van der Waals surface area (Å²) in [6.45, 7) is 5.34. The Morgan fingerprint density at radius 1 is 1.20 bits per heavy atom. The number of hydrogen-bond donors (Lipinski definition) is 0. The Kier molecular flexibility index (Phi) is 5.08. The van der Waals surface area contributed by atoms with Gasteiger partial charge < -0.3 is 0 Å². The van der Waals surface area contributed by atoms with Gasteiger partial charge in [0.05, 0.1) is 0 Å². The van der Waals surface area contributed by atoms with Crippen molar-refractivity contribution in [2.24, 2.45) is 0 Å². The van der Waals surface area contributed by atoms with Gasteiger partial charge in [-0.3, -0.25) is 9.88 Å². The van der Waals surface area contributed by atoms with Crippen LogP contribution in [0.15, 0.2) is 60.4 Å². The molecule has 1 aromatic heterocycles. The van der Waals surface area contributed by atoms with E-state index < -0.39 is 0 Å². The Bertz CT molecular complexity index is 546. The van der Waals surface area contributed by atoms with Crippen molar-refractivity contribution < 1.29 is 0 Å². The van der Waals surface area contributed by atoms with Crippen LogP contribution in [0.5, 0.6) is 0 Å². The molecule has 0 N–H and O–H groups in total. The van der Waals surface area contributed by atoms with Crippen molar-refractivity contribution in [1.82, 2.24) is 9.88 Å². The topological polar surface area (TPSA) is 16.1 Å². The van der Waals surface area contributed by atoms with Crippen LogP contribution in [-0.4, -0.2) is 23.5 Å². The molecule has 2 nitrogen and oxygen atoms in total. The van der Waals surface area contributed by atoms with Crippen LogP contribution in [0.1, 0.15) is 31.0 Å². The number of benzene rings is 1. The molecule has 0 saturated carbocycles. The molecule has 0 radical (unpaired) electrons. The van der Waals surface area contributed by atoms with E-state index in [1.165, 1.54) is 16.7 Å². The van der Waals surface area contributed by atoms with E-state index in [-0.39, 0.29) is 0 Å². The minimum Gasteiger partial charge on any atom is -0.296 e. The van der Waals surface area contributed by atoms with Gasteiger partial charge in [-0.15, -0.1) is 0 Å². The summed E-state index contributed by atoms with van der Waals surface area (Å²) in [7, 11) is 2.15. The van der Waals surface area contributed by atoms with Crippen molar-refractivity contribution in [2.45, 2.75) is 19.9 Å². The van der Waals surface area contributed by atoms with E-state index in [2.05, 4.69) is 67.2 Å². The van der Waals surface area contributed by atoms with Crippen molar-refractivity contribution in [2.75, 3.05) is 13.6 Å². The number of aromatic nitrogens is 1. The number of likely N-dealkylation sites (N-methyl/N-ethyl adjacent to an activating group) is 1. The van der Waals surface area contributed by atoms with E-state index in [1.54, 1.807) is 0 Å².